The van der Waals surface area contributed by atoms with Crippen LogP contribution in [0.4, 0.5) is 5.82 Å². The van der Waals surface area contributed by atoms with Crippen LogP contribution in [0.3, 0.4) is 0 Å². The highest BCUT2D eigenvalue weighted by atomic mass is 16.3. The van der Waals surface area contributed by atoms with Crippen molar-refractivity contribution in [1.82, 2.24) is 15.1 Å². The number of carbonyl (C=O) groups is 1. The molecular weight excluding hydrogens is 246 g/mol. The van der Waals surface area contributed by atoms with Crippen LogP contribution in [0.15, 0.2) is 12.1 Å². The molecule has 1 amide bonds. The molecular formula is C12H19N5O2. The number of nitrogens with two attached hydrogens (primary N) is 1. The first kappa shape index (κ1) is 13.7. The van der Waals surface area contributed by atoms with E-state index in [1.807, 2.05) is 0 Å². The van der Waals surface area contributed by atoms with E-state index >= 15 is 0 Å². The first-order valence-corrected chi connectivity index (χ1v) is 6.48. The largest absolute Gasteiger partial charge is 0.396 e. The molecule has 0 aliphatic carbocycles. The third-order valence-electron chi connectivity index (χ3n) is 3.38. The number of hydrogen-bond donors (Lipinski definition) is 3. The molecule has 7 heteroatoms. The lowest BCUT2D eigenvalue weighted by Crippen LogP contribution is -2.44. The molecule has 2 heterocycles. The number of nitrogens with zero attached hydrogens (tertiary/aromatic N) is 3. The fourth-order valence-corrected chi connectivity index (χ4v) is 2.39. The lowest BCUT2D eigenvalue weighted by molar-refractivity contribution is 0.0567. The first-order valence-electron chi connectivity index (χ1n) is 6.48. The van der Waals surface area contributed by atoms with Crippen molar-refractivity contribution >= 4 is 11.7 Å². The number of aliphatic hydroxyl groups is 1. The van der Waals surface area contributed by atoms with E-state index in [0.717, 1.165) is 19.3 Å². The van der Waals surface area contributed by atoms with Gasteiger partial charge in [0.15, 0.2) is 11.5 Å². The summed E-state index contributed by atoms with van der Waals surface area (Å²) in [6.45, 7) is 0.804. The van der Waals surface area contributed by atoms with E-state index in [4.69, 9.17) is 10.9 Å². The highest BCUT2D eigenvalue weighted by Crippen LogP contribution is 2.21. The molecule has 0 radical (unpaired) electrons. The maximum absolute atomic E-state index is 12.4. The Hall–Kier alpha value is -1.73. The van der Waals surface area contributed by atoms with Gasteiger partial charge in [-0.2, -0.15) is 0 Å². The number of rotatable bonds is 4. The quantitative estimate of drug-likeness (QED) is 0.528. The molecule has 1 saturated heterocycles. The van der Waals surface area contributed by atoms with Crippen LogP contribution in [-0.4, -0.2) is 45.3 Å². The van der Waals surface area contributed by atoms with Gasteiger partial charge in [0.1, 0.15) is 0 Å². The average molecular weight is 265 g/mol. The van der Waals surface area contributed by atoms with E-state index in [0.29, 0.717) is 24.5 Å². The number of carbonyl (C=O) groups excluding carboxylic acids is 1. The van der Waals surface area contributed by atoms with Gasteiger partial charge in [-0.15, -0.1) is 10.2 Å². The van der Waals surface area contributed by atoms with Crippen molar-refractivity contribution in [2.75, 3.05) is 18.6 Å². The fraction of sp³-hybridized carbons (Fsp3) is 0.583. The van der Waals surface area contributed by atoms with E-state index in [-0.39, 0.29) is 18.6 Å². The molecule has 7 nitrogen and oxygen atoms in total. The van der Waals surface area contributed by atoms with Gasteiger partial charge in [-0.05, 0) is 37.8 Å². The Labute approximate surface area is 111 Å². The van der Waals surface area contributed by atoms with Crippen LogP contribution in [-0.2, 0) is 0 Å². The molecule has 1 aromatic rings. The van der Waals surface area contributed by atoms with E-state index in [1.165, 1.54) is 0 Å². The van der Waals surface area contributed by atoms with Gasteiger partial charge in [-0.25, -0.2) is 5.84 Å². The van der Waals surface area contributed by atoms with Gasteiger partial charge in [0, 0.05) is 19.2 Å². The van der Waals surface area contributed by atoms with Crippen molar-refractivity contribution in [3.8, 4) is 0 Å². The van der Waals surface area contributed by atoms with Crippen LogP contribution in [0, 0.1) is 0 Å². The summed E-state index contributed by atoms with van der Waals surface area (Å²) < 4.78 is 0. The van der Waals surface area contributed by atoms with Gasteiger partial charge in [0.25, 0.3) is 5.91 Å². The Balaban J connectivity index is 2.11. The monoisotopic (exact) mass is 265 g/mol. The fourth-order valence-electron chi connectivity index (χ4n) is 2.39. The normalized spacial score (nSPS) is 19.3. The highest BCUT2D eigenvalue weighted by Gasteiger charge is 2.27. The van der Waals surface area contributed by atoms with Crippen molar-refractivity contribution < 1.29 is 9.90 Å². The number of likely N-dealkylation sites (tertiary alicyclic amines) is 1. The summed E-state index contributed by atoms with van der Waals surface area (Å²) in [7, 11) is 0. The number of nitrogen functional groups attached to an aromatic ring is 1. The molecule has 19 heavy (non-hydrogen) atoms. The summed E-state index contributed by atoms with van der Waals surface area (Å²) in [5.41, 5.74) is 2.68. The maximum atomic E-state index is 12.4. The number of aliphatic hydroxyl groups excluding tert-OH is 1. The number of anilines is 1. The van der Waals surface area contributed by atoms with E-state index in [1.54, 1.807) is 17.0 Å². The Morgan fingerprint density at radius 2 is 2.32 bits per heavy atom. The van der Waals surface area contributed by atoms with Crippen LogP contribution < -0.4 is 11.3 Å². The topological polar surface area (TPSA) is 104 Å². The molecule has 0 aromatic carbocycles. The minimum atomic E-state index is -0.130. The zero-order valence-electron chi connectivity index (χ0n) is 10.7. The van der Waals surface area contributed by atoms with Gasteiger partial charge in [-0.1, -0.05) is 0 Å². The summed E-state index contributed by atoms with van der Waals surface area (Å²) in [4.78, 5) is 14.2. The minimum absolute atomic E-state index is 0.0934. The molecule has 1 aromatic heterocycles. The van der Waals surface area contributed by atoms with Crippen molar-refractivity contribution in [2.24, 2.45) is 5.84 Å². The van der Waals surface area contributed by atoms with Crippen LogP contribution in [0.1, 0.15) is 36.2 Å². The lowest BCUT2D eigenvalue weighted by Gasteiger charge is -2.35. The van der Waals surface area contributed by atoms with E-state index < -0.39 is 0 Å². The zero-order chi connectivity index (χ0) is 13.7. The SMILES string of the molecule is NNc1ccc(C(=O)N2CCCCC2CCO)nn1. The second kappa shape index (κ2) is 6.44. The van der Waals surface area contributed by atoms with Crippen LogP contribution in [0.2, 0.25) is 0 Å². The molecule has 4 N–H and O–H groups in total. The van der Waals surface area contributed by atoms with Gasteiger partial charge in [0.2, 0.25) is 0 Å². The molecule has 2 rings (SSSR count). The van der Waals surface area contributed by atoms with E-state index in [2.05, 4.69) is 15.6 Å². The number of hydrazine groups is 1. The molecule has 0 saturated carbocycles. The molecule has 1 aliphatic heterocycles. The lowest BCUT2D eigenvalue weighted by atomic mass is 9.99. The van der Waals surface area contributed by atoms with Crippen molar-refractivity contribution in [3.63, 3.8) is 0 Å². The third kappa shape index (κ3) is 3.18. The van der Waals surface area contributed by atoms with Gasteiger partial charge >= 0.3 is 0 Å². The van der Waals surface area contributed by atoms with Crippen molar-refractivity contribution in [1.29, 1.82) is 0 Å². The Kier molecular flexibility index (Phi) is 4.64. The van der Waals surface area contributed by atoms with Crippen molar-refractivity contribution in [2.45, 2.75) is 31.7 Å². The number of piperidine rings is 1. The first-order chi connectivity index (χ1) is 9.26. The third-order valence-corrected chi connectivity index (χ3v) is 3.38. The number of aromatic nitrogens is 2. The van der Waals surface area contributed by atoms with Crippen LogP contribution >= 0.6 is 0 Å². The van der Waals surface area contributed by atoms with Crippen LogP contribution in [0.5, 0.6) is 0 Å². The maximum Gasteiger partial charge on any atom is 0.274 e. The number of nitrogens with one attached hydrogen (secondary N) is 1. The molecule has 1 unspecified atom stereocenters. The Morgan fingerprint density at radius 1 is 1.47 bits per heavy atom. The summed E-state index contributed by atoms with van der Waals surface area (Å²) in [5.74, 6) is 5.49. The van der Waals surface area contributed by atoms with Crippen LogP contribution in [0.25, 0.3) is 0 Å². The minimum Gasteiger partial charge on any atom is -0.396 e. The second-order valence-electron chi connectivity index (χ2n) is 4.61. The highest BCUT2D eigenvalue weighted by molar-refractivity contribution is 5.92. The predicted octanol–water partition coefficient (Wildman–Crippen LogP) is 0.139. The summed E-state index contributed by atoms with van der Waals surface area (Å²) in [6.07, 6.45) is 3.63. The van der Waals surface area contributed by atoms with Gasteiger partial charge < -0.3 is 15.4 Å². The summed E-state index contributed by atoms with van der Waals surface area (Å²) in [6, 6.07) is 3.32. The molecule has 0 spiro atoms. The summed E-state index contributed by atoms with van der Waals surface area (Å²) >= 11 is 0. The number of amides is 1. The molecule has 0 bridgehead atoms. The van der Waals surface area contributed by atoms with E-state index in [9.17, 15) is 4.79 Å². The zero-order valence-corrected chi connectivity index (χ0v) is 10.7. The Bertz CT molecular complexity index is 421. The molecule has 1 atom stereocenters. The predicted molar refractivity (Wildman–Crippen MR) is 70.2 cm³/mol. The second-order valence-corrected chi connectivity index (χ2v) is 4.61. The Morgan fingerprint density at radius 3 is 2.95 bits per heavy atom. The number of hydrogen-bond acceptors (Lipinski definition) is 6. The molecule has 104 valence electrons. The molecule has 1 aliphatic rings. The molecule has 1 fully saturated rings. The smallest absolute Gasteiger partial charge is 0.274 e. The van der Waals surface area contributed by atoms with Gasteiger partial charge in [-0.3, -0.25) is 4.79 Å². The van der Waals surface area contributed by atoms with Gasteiger partial charge in [0.05, 0.1) is 0 Å². The average Bonchev–Trinajstić information content (AvgIpc) is 2.47. The van der Waals surface area contributed by atoms with Crippen molar-refractivity contribution in [3.05, 3.63) is 17.8 Å². The summed E-state index contributed by atoms with van der Waals surface area (Å²) in [5, 5.41) is 16.7. The standard InChI is InChI=1S/C12H19N5O2/c13-14-11-5-4-10(15-16-11)12(19)17-7-2-1-3-9(17)6-8-18/h4-5,9,18H,1-3,6-8,13H2,(H,14,16).